The summed E-state index contributed by atoms with van der Waals surface area (Å²) in [7, 11) is 0. The molecule has 0 aliphatic carbocycles. The number of rotatable bonds is 12. The Balaban J connectivity index is 3.84. The van der Waals surface area contributed by atoms with Crippen LogP contribution in [0.4, 0.5) is 0 Å². The number of hydrogen-bond donors (Lipinski definition) is 1. The lowest BCUT2D eigenvalue weighted by molar-refractivity contribution is 0.271. The maximum absolute atomic E-state index is 9.26. The van der Waals surface area contributed by atoms with Crippen LogP contribution in [0.25, 0.3) is 0 Å². The zero-order chi connectivity index (χ0) is 14.6. The summed E-state index contributed by atoms with van der Waals surface area (Å²) in [6, 6.07) is 2.42. The van der Waals surface area contributed by atoms with E-state index in [1.807, 2.05) is 6.92 Å². The molecular formula is C16H33N3. The van der Waals surface area contributed by atoms with Crippen LogP contribution in [0.3, 0.4) is 0 Å². The lowest BCUT2D eigenvalue weighted by Gasteiger charge is -2.24. The second-order valence-electron chi connectivity index (χ2n) is 5.62. The Morgan fingerprint density at radius 3 is 2.26 bits per heavy atom. The van der Waals surface area contributed by atoms with E-state index < -0.39 is 0 Å². The summed E-state index contributed by atoms with van der Waals surface area (Å²) in [5, 5.41) is 12.6. The topological polar surface area (TPSA) is 39.1 Å². The normalized spacial score (nSPS) is 14.3. The molecule has 0 aliphatic rings. The first-order valence-corrected chi connectivity index (χ1v) is 8.00. The Kier molecular flexibility index (Phi) is 10.9. The lowest BCUT2D eigenvalue weighted by atomic mass is 9.96. The smallest absolute Gasteiger partial charge is 0.103 e. The maximum atomic E-state index is 9.26. The fourth-order valence-corrected chi connectivity index (χ4v) is 2.21. The second-order valence-corrected chi connectivity index (χ2v) is 5.62. The first-order valence-electron chi connectivity index (χ1n) is 8.00. The van der Waals surface area contributed by atoms with Crippen LogP contribution in [-0.4, -0.2) is 36.6 Å². The monoisotopic (exact) mass is 267 g/mol. The fourth-order valence-electron chi connectivity index (χ4n) is 2.21. The molecule has 3 heteroatoms. The van der Waals surface area contributed by atoms with E-state index in [-0.39, 0.29) is 5.54 Å². The van der Waals surface area contributed by atoms with Crippen LogP contribution in [0.2, 0.25) is 0 Å². The molecule has 0 radical (unpaired) electrons. The van der Waals surface area contributed by atoms with Crippen molar-refractivity contribution in [3.63, 3.8) is 0 Å². The molecule has 0 aromatic rings. The van der Waals surface area contributed by atoms with Crippen LogP contribution in [0.5, 0.6) is 0 Å². The third kappa shape index (κ3) is 9.02. The molecule has 0 spiro atoms. The summed E-state index contributed by atoms with van der Waals surface area (Å²) in [6.07, 6.45) is 6.92. The molecule has 0 aromatic heterocycles. The van der Waals surface area contributed by atoms with Crippen molar-refractivity contribution in [2.24, 2.45) is 0 Å². The van der Waals surface area contributed by atoms with E-state index >= 15 is 0 Å². The minimum atomic E-state index is -0.337. The summed E-state index contributed by atoms with van der Waals surface area (Å²) >= 11 is 0. The third-order valence-corrected chi connectivity index (χ3v) is 3.69. The number of nitriles is 1. The Bertz CT molecular complexity index is 247. The Labute approximate surface area is 120 Å². The number of nitrogens with one attached hydrogen (secondary N) is 1. The van der Waals surface area contributed by atoms with Gasteiger partial charge in [0.2, 0.25) is 0 Å². The van der Waals surface area contributed by atoms with Crippen LogP contribution < -0.4 is 5.32 Å². The van der Waals surface area contributed by atoms with Gasteiger partial charge in [-0.1, -0.05) is 27.2 Å². The van der Waals surface area contributed by atoms with Crippen molar-refractivity contribution >= 4 is 0 Å². The molecule has 19 heavy (non-hydrogen) atoms. The van der Waals surface area contributed by atoms with Crippen molar-refractivity contribution in [2.45, 2.75) is 71.8 Å². The molecule has 0 saturated heterocycles. The average Bonchev–Trinajstić information content (AvgIpc) is 2.44. The van der Waals surface area contributed by atoms with Gasteiger partial charge in [0.15, 0.2) is 0 Å². The summed E-state index contributed by atoms with van der Waals surface area (Å²) < 4.78 is 0. The van der Waals surface area contributed by atoms with Gasteiger partial charge in [-0.25, -0.2) is 0 Å². The second kappa shape index (κ2) is 11.3. The molecule has 0 aliphatic heterocycles. The zero-order valence-electron chi connectivity index (χ0n) is 13.5. The van der Waals surface area contributed by atoms with Gasteiger partial charge < -0.3 is 4.90 Å². The van der Waals surface area contributed by atoms with Crippen LogP contribution >= 0.6 is 0 Å². The first-order chi connectivity index (χ1) is 9.11. The van der Waals surface area contributed by atoms with E-state index in [1.165, 1.54) is 32.4 Å². The van der Waals surface area contributed by atoms with E-state index in [2.05, 4.69) is 37.1 Å². The predicted molar refractivity (Wildman–Crippen MR) is 83.2 cm³/mol. The van der Waals surface area contributed by atoms with Crippen molar-refractivity contribution in [1.82, 2.24) is 10.2 Å². The minimum absolute atomic E-state index is 0.337. The number of nitrogens with zero attached hydrogens (tertiary/aromatic N) is 2. The standard InChI is InChI=1S/C16H33N3/c1-5-8-13-19(7-3)14-10-9-11-16(4,15-17)18-12-6-2/h18H,5-14H2,1-4H3. The van der Waals surface area contributed by atoms with Gasteiger partial charge in [-0.15, -0.1) is 0 Å². The molecule has 0 saturated carbocycles. The van der Waals surface area contributed by atoms with E-state index in [0.717, 1.165) is 32.4 Å². The molecular weight excluding hydrogens is 234 g/mol. The molecule has 112 valence electrons. The highest BCUT2D eigenvalue weighted by Crippen LogP contribution is 2.13. The van der Waals surface area contributed by atoms with Crippen LogP contribution in [0.1, 0.15) is 66.2 Å². The highest BCUT2D eigenvalue weighted by atomic mass is 15.1. The number of hydrogen-bond acceptors (Lipinski definition) is 3. The lowest BCUT2D eigenvalue weighted by Crippen LogP contribution is -2.41. The van der Waals surface area contributed by atoms with Crippen LogP contribution in [0.15, 0.2) is 0 Å². The van der Waals surface area contributed by atoms with Crippen LogP contribution in [-0.2, 0) is 0 Å². The van der Waals surface area contributed by atoms with Crippen LogP contribution in [0, 0.1) is 11.3 Å². The third-order valence-electron chi connectivity index (χ3n) is 3.69. The molecule has 1 unspecified atom stereocenters. The maximum Gasteiger partial charge on any atom is 0.103 e. The van der Waals surface area contributed by atoms with Gasteiger partial charge in [0, 0.05) is 0 Å². The molecule has 3 nitrogen and oxygen atoms in total. The quantitative estimate of drug-likeness (QED) is 0.550. The molecule has 0 rings (SSSR count). The van der Waals surface area contributed by atoms with Gasteiger partial charge >= 0.3 is 0 Å². The number of unbranched alkanes of at least 4 members (excludes halogenated alkanes) is 2. The molecule has 0 aromatic carbocycles. The molecule has 1 atom stereocenters. The Morgan fingerprint density at radius 2 is 1.74 bits per heavy atom. The first kappa shape index (κ1) is 18.4. The van der Waals surface area contributed by atoms with E-state index in [1.54, 1.807) is 0 Å². The van der Waals surface area contributed by atoms with E-state index in [4.69, 9.17) is 0 Å². The Hall–Kier alpha value is -0.590. The van der Waals surface area contributed by atoms with Gasteiger partial charge in [0.05, 0.1) is 6.07 Å². The predicted octanol–water partition coefficient (Wildman–Crippen LogP) is 3.56. The fraction of sp³-hybridized carbons (Fsp3) is 0.938. The zero-order valence-corrected chi connectivity index (χ0v) is 13.5. The summed E-state index contributed by atoms with van der Waals surface area (Å²) in [5.74, 6) is 0. The van der Waals surface area contributed by atoms with Crippen molar-refractivity contribution < 1.29 is 0 Å². The molecule has 0 fully saturated rings. The molecule has 0 bridgehead atoms. The summed E-state index contributed by atoms with van der Waals surface area (Å²) in [6.45, 7) is 13.1. The van der Waals surface area contributed by atoms with Gasteiger partial charge in [-0.3, -0.25) is 5.32 Å². The van der Waals surface area contributed by atoms with Gasteiger partial charge in [0.25, 0.3) is 0 Å². The van der Waals surface area contributed by atoms with Crippen molar-refractivity contribution in [2.75, 3.05) is 26.2 Å². The highest BCUT2D eigenvalue weighted by Gasteiger charge is 2.21. The molecule has 1 N–H and O–H groups in total. The van der Waals surface area contributed by atoms with Gasteiger partial charge in [-0.2, -0.15) is 5.26 Å². The molecule has 0 heterocycles. The molecule has 0 amide bonds. The Morgan fingerprint density at radius 1 is 1.05 bits per heavy atom. The summed E-state index contributed by atoms with van der Waals surface area (Å²) in [4.78, 5) is 2.52. The minimum Gasteiger partial charge on any atom is -0.304 e. The van der Waals surface area contributed by atoms with Crippen molar-refractivity contribution in [1.29, 1.82) is 5.26 Å². The summed E-state index contributed by atoms with van der Waals surface area (Å²) in [5.41, 5.74) is -0.337. The van der Waals surface area contributed by atoms with Gasteiger partial charge in [-0.05, 0) is 65.2 Å². The van der Waals surface area contributed by atoms with Crippen molar-refractivity contribution in [3.05, 3.63) is 0 Å². The van der Waals surface area contributed by atoms with Gasteiger partial charge in [0.1, 0.15) is 5.54 Å². The highest BCUT2D eigenvalue weighted by molar-refractivity contribution is 5.03. The average molecular weight is 267 g/mol. The van der Waals surface area contributed by atoms with Crippen molar-refractivity contribution in [3.8, 4) is 6.07 Å². The SMILES string of the molecule is CCCCN(CC)CCCCC(C)(C#N)NCCC. The largest absolute Gasteiger partial charge is 0.304 e. The van der Waals surface area contributed by atoms with E-state index in [0.29, 0.717) is 0 Å². The van der Waals surface area contributed by atoms with E-state index in [9.17, 15) is 5.26 Å².